The van der Waals surface area contributed by atoms with Crippen molar-refractivity contribution in [2.45, 2.75) is 19.4 Å². The maximum Gasteiger partial charge on any atom is 0.258 e. The molecule has 0 bridgehead atoms. The molecule has 28 heavy (non-hydrogen) atoms. The molecule has 7 nitrogen and oxygen atoms in total. The van der Waals surface area contributed by atoms with E-state index in [0.717, 1.165) is 5.56 Å². The van der Waals surface area contributed by atoms with Crippen LogP contribution in [0.4, 0.5) is 0 Å². The Hall–Kier alpha value is -3.35. The lowest BCUT2D eigenvalue weighted by Crippen LogP contribution is -2.27. The molecule has 1 heterocycles. The van der Waals surface area contributed by atoms with Crippen molar-refractivity contribution < 1.29 is 14.3 Å². The van der Waals surface area contributed by atoms with Crippen molar-refractivity contribution in [3.63, 3.8) is 0 Å². The molecule has 0 atom stereocenters. The standard InChI is InChI=1S/C21H23N3O4/c1-24(13-14-8-9-15(27-2)12-18(14)28-3)20(25)11-10-19-22-17-7-5-4-6-16(17)21(26)23-19/h4-9,12H,10-11,13H2,1-3H3,(H,22,23,26). The molecule has 7 heteroatoms. The van der Waals surface area contributed by atoms with Crippen LogP contribution in [0.1, 0.15) is 17.8 Å². The highest BCUT2D eigenvalue weighted by atomic mass is 16.5. The Morgan fingerprint density at radius 1 is 1.14 bits per heavy atom. The maximum atomic E-state index is 12.5. The summed E-state index contributed by atoms with van der Waals surface area (Å²) in [6, 6.07) is 12.6. The van der Waals surface area contributed by atoms with E-state index in [-0.39, 0.29) is 17.9 Å². The molecule has 0 fully saturated rings. The number of H-pyrrole nitrogens is 1. The smallest absolute Gasteiger partial charge is 0.258 e. The summed E-state index contributed by atoms with van der Waals surface area (Å²) in [5, 5.41) is 0.543. The lowest BCUT2D eigenvalue weighted by molar-refractivity contribution is -0.130. The molecule has 0 unspecified atom stereocenters. The number of nitrogens with zero attached hydrogens (tertiary/aromatic N) is 2. The molecular formula is C21H23N3O4. The predicted octanol–water partition coefficient (Wildman–Crippen LogP) is 2.53. The zero-order chi connectivity index (χ0) is 20.1. The second kappa shape index (κ2) is 8.56. The first-order chi connectivity index (χ1) is 13.5. The van der Waals surface area contributed by atoms with Gasteiger partial charge in [-0.2, -0.15) is 0 Å². The monoisotopic (exact) mass is 381 g/mol. The van der Waals surface area contributed by atoms with Crippen LogP contribution >= 0.6 is 0 Å². The van der Waals surface area contributed by atoms with Crippen LogP contribution in [0, 0.1) is 0 Å². The number of hydrogen-bond acceptors (Lipinski definition) is 5. The van der Waals surface area contributed by atoms with Crippen molar-refractivity contribution in [2.24, 2.45) is 0 Å². The molecule has 0 saturated carbocycles. The van der Waals surface area contributed by atoms with Crippen molar-refractivity contribution in [3.05, 3.63) is 64.2 Å². The van der Waals surface area contributed by atoms with Gasteiger partial charge in [0, 0.05) is 38.1 Å². The van der Waals surface area contributed by atoms with Gasteiger partial charge in [0.1, 0.15) is 17.3 Å². The number of aromatic amines is 1. The van der Waals surface area contributed by atoms with Gasteiger partial charge < -0.3 is 19.4 Å². The van der Waals surface area contributed by atoms with Crippen LogP contribution in [0.3, 0.4) is 0 Å². The number of aryl methyl sites for hydroxylation is 1. The summed E-state index contributed by atoms with van der Waals surface area (Å²) < 4.78 is 10.6. The fourth-order valence-electron chi connectivity index (χ4n) is 3.00. The molecule has 1 aromatic heterocycles. The minimum absolute atomic E-state index is 0.0475. The summed E-state index contributed by atoms with van der Waals surface area (Å²) in [7, 11) is 4.92. The summed E-state index contributed by atoms with van der Waals surface area (Å²) in [6.07, 6.45) is 0.610. The molecule has 146 valence electrons. The molecule has 1 N–H and O–H groups in total. The van der Waals surface area contributed by atoms with Crippen LogP contribution in [0.15, 0.2) is 47.3 Å². The topological polar surface area (TPSA) is 84.5 Å². The molecule has 0 aliphatic carbocycles. The van der Waals surface area contributed by atoms with Crippen LogP contribution in [0.5, 0.6) is 11.5 Å². The first-order valence-corrected chi connectivity index (χ1v) is 8.94. The fraction of sp³-hybridized carbons (Fsp3) is 0.286. The minimum Gasteiger partial charge on any atom is -0.497 e. The number of carbonyl (C=O) groups is 1. The van der Waals surface area contributed by atoms with E-state index in [1.54, 1.807) is 50.4 Å². The lowest BCUT2D eigenvalue weighted by atomic mass is 10.1. The minimum atomic E-state index is -0.190. The van der Waals surface area contributed by atoms with Gasteiger partial charge in [0.2, 0.25) is 5.91 Å². The molecule has 3 aromatic rings. The lowest BCUT2D eigenvalue weighted by Gasteiger charge is -2.19. The second-order valence-electron chi connectivity index (χ2n) is 6.46. The molecule has 0 radical (unpaired) electrons. The summed E-state index contributed by atoms with van der Waals surface area (Å²) >= 11 is 0. The first-order valence-electron chi connectivity index (χ1n) is 8.94. The molecule has 0 aliphatic heterocycles. The highest BCUT2D eigenvalue weighted by molar-refractivity contribution is 5.78. The van der Waals surface area contributed by atoms with Crippen LogP contribution in [0.2, 0.25) is 0 Å². The molecule has 0 spiro atoms. The van der Waals surface area contributed by atoms with Crippen molar-refractivity contribution in [1.29, 1.82) is 0 Å². The van der Waals surface area contributed by atoms with Gasteiger partial charge in [-0.1, -0.05) is 12.1 Å². The van der Waals surface area contributed by atoms with E-state index in [0.29, 0.717) is 41.2 Å². The van der Waals surface area contributed by atoms with Crippen LogP contribution in [0.25, 0.3) is 10.9 Å². The third-order valence-electron chi connectivity index (χ3n) is 4.57. The van der Waals surface area contributed by atoms with Gasteiger partial charge in [-0.15, -0.1) is 0 Å². The number of fused-ring (bicyclic) bond motifs is 1. The van der Waals surface area contributed by atoms with Gasteiger partial charge >= 0.3 is 0 Å². The second-order valence-corrected chi connectivity index (χ2v) is 6.46. The summed E-state index contributed by atoms with van der Waals surface area (Å²) in [6.45, 7) is 0.410. The fourth-order valence-corrected chi connectivity index (χ4v) is 3.00. The highest BCUT2D eigenvalue weighted by Crippen LogP contribution is 2.25. The van der Waals surface area contributed by atoms with Gasteiger partial charge in [-0.3, -0.25) is 9.59 Å². The Morgan fingerprint density at radius 2 is 1.93 bits per heavy atom. The van der Waals surface area contributed by atoms with Gasteiger partial charge in [-0.05, 0) is 24.3 Å². The Balaban J connectivity index is 1.66. The summed E-state index contributed by atoms with van der Waals surface area (Å²) in [4.78, 5) is 33.5. The van der Waals surface area contributed by atoms with Gasteiger partial charge in [0.25, 0.3) is 5.56 Å². The van der Waals surface area contributed by atoms with Crippen molar-refractivity contribution >= 4 is 16.8 Å². The molecule has 0 aliphatic rings. The van der Waals surface area contributed by atoms with Crippen molar-refractivity contribution in [2.75, 3.05) is 21.3 Å². The number of carbonyl (C=O) groups excluding carboxylic acids is 1. The number of rotatable bonds is 7. The number of ether oxygens (including phenoxy) is 2. The largest absolute Gasteiger partial charge is 0.497 e. The SMILES string of the molecule is COc1ccc(CN(C)C(=O)CCc2nc3ccccc3c(=O)[nH]2)c(OC)c1. The Labute approximate surface area is 162 Å². The normalized spacial score (nSPS) is 10.7. The number of amides is 1. The van der Waals surface area contributed by atoms with Crippen molar-refractivity contribution in [1.82, 2.24) is 14.9 Å². The zero-order valence-electron chi connectivity index (χ0n) is 16.2. The third kappa shape index (κ3) is 4.31. The Morgan fingerprint density at radius 3 is 2.68 bits per heavy atom. The summed E-state index contributed by atoms with van der Waals surface area (Å²) in [5.74, 6) is 1.82. The number of aromatic nitrogens is 2. The van der Waals surface area contributed by atoms with E-state index in [4.69, 9.17) is 9.47 Å². The zero-order valence-corrected chi connectivity index (χ0v) is 16.2. The van der Waals surface area contributed by atoms with Crippen LogP contribution in [-0.2, 0) is 17.8 Å². The highest BCUT2D eigenvalue weighted by Gasteiger charge is 2.14. The molecule has 0 saturated heterocycles. The van der Waals surface area contributed by atoms with E-state index in [1.807, 2.05) is 18.2 Å². The van der Waals surface area contributed by atoms with Crippen molar-refractivity contribution in [3.8, 4) is 11.5 Å². The first kappa shape index (κ1) is 19.4. The van der Waals surface area contributed by atoms with E-state index in [9.17, 15) is 9.59 Å². The van der Waals surface area contributed by atoms with Gasteiger partial charge in [-0.25, -0.2) is 4.98 Å². The van der Waals surface area contributed by atoms with Gasteiger partial charge in [0.05, 0.1) is 25.1 Å². The molecule has 3 rings (SSSR count). The Bertz CT molecular complexity index is 1050. The maximum absolute atomic E-state index is 12.5. The van der Waals surface area contributed by atoms with Crippen LogP contribution < -0.4 is 15.0 Å². The average Bonchev–Trinajstić information content (AvgIpc) is 2.72. The van der Waals surface area contributed by atoms with E-state index in [2.05, 4.69) is 9.97 Å². The third-order valence-corrected chi connectivity index (χ3v) is 4.57. The quantitative estimate of drug-likeness (QED) is 0.680. The molecule has 2 aromatic carbocycles. The number of benzene rings is 2. The number of hydrogen-bond donors (Lipinski definition) is 1. The van der Waals surface area contributed by atoms with Gasteiger partial charge in [0.15, 0.2) is 0 Å². The Kier molecular flexibility index (Phi) is 5.93. The average molecular weight is 381 g/mol. The van der Waals surface area contributed by atoms with Crippen LogP contribution in [-0.4, -0.2) is 42.0 Å². The molecule has 1 amide bonds. The van der Waals surface area contributed by atoms with E-state index < -0.39 is 0 Å². The summed E-state index contributed by atoms with van der Waals surface area (Å²) in [5.41, 5.74) is 1.32. The molecular weight excluding hydrogens is 358 g/mol. The number of methoxy groups -OCH3 is 2. The number of para-hydroxylation sites is 1. The van der Waals surface area contributed by atoms with E-state index in [1.165, 1.54) is 0 Å². The van der Waals surface area contributed by atoms with E-state index >= 15 is 0 Å². The number of nitrogens with one attached hydrogen (secondary N) is 1. The predicted molar refractivity (Wildman–Crippen MR) is 107 cm³/mol.